The van der Waals surface area contributed by atoms with Crippen molar-refractivity contribution in [2.45, 2.75) is 44.3 Å². The quantitative estimate of drug-likeness (QED) is 0.583. The molecule has 0 heterocycles. The van der Waals surface area contributed by atoms with Crippen LogP contribution >= 0.6 is 0 Å². The lowest BCUT2D eigenvalue weighted by molar-refractivity contribution is -0.385. The Labute approximate surface area is 147 Å². The van der Waals surface area contributed by atoms with Gasteiger partial charge < -0.3 is 4.74 Å². The molecule has 0 N–H and O–H groups in total. The molecule has 0 aliphatic heterocycles. The highest BCUT2D eigenvalue weighted by molar-refractivity contribution is 5.48. The van der Waals surface area contributed by atoms with Gasteiger partial charge in [-0.2, -0.15) is 0 Å². The van der Waals surface area contributed by atoms with Crippen molar-refractivity contribution < 1.29 is 9.66 Å². The molecule has 2 aromatic rings. The van der Waals surface area contributed by atoms with Gasteiger partial charge in [0.1, 0.15) is 0 Å². The average Bonchev–Trinajstić information content (AvgIpc) is 3.38. The van der Waals surface area contributed by atoms with Gasteiger partial charge in [0.2, 0.25) is 0 Å². The van der Waals surface area contributed by atoms with E-state index in [1.54, 1.807) is 12.1 Å². The van der Waals surface area contributed by atoms with Crippen LogP contribution in [0.2, 0.25) is 0 Å². The molecule has 5 heteroatoms. The molecule has 2 aliphatic carbocycles. The molecule has 1 atom stereocenters. The van der Waals surface area contributed by atoms with Crippen LogP contribution in [0.1, 0.15) is 42.0 Å². The Morgan fingerprint density at radius 3 is 2.72 bits per heavy atom. The Morgan fingerprint density at radius 2 is 2.00 bits per heavy atom. The van der Waals surface area contributed by atoms with Gasteiger partial charge in [0.15, 0.2) is 5.75 Å². The fraction of sp³-hybridized carbons (Fsp3) is 0.400. The highest BCUT2D eigenvalue weighted by Crippen LogP contribution is 2.43. The molecule has 0 bridgehead atoms. The maximum absolute atomic E-state index is 11.3. The van der Waals surface area contributed by atoms with Crippen LogP contribution in [0, 0.1) is 10.1 Å². The van der Waals surface area contributed by atoms with Gasteiger partial charge in [-0.05, 0) is 48.4 Å². The summed E-state index contributed by atoms with van der Waals surface area (Å²) in [6, 6.07) is 15.0. The Bertz CT molecular complexity index is 801. The highest BCUT2D eigenvalue weighted by atomic mass is 16.6. The van der Waals surface area contributed by atoms with E-state index in [1.165, 1.54) is 31.1 Å². The molecule has 1 saturated carbocycles. The fourth-order valence-corrected chi connectivity index (χ4v) is 3.97. The van der Waals surface area contributed by atoms with Crippen LogP contribution in [0.5, 0.6) is 5.75 Å². The van der Waals surface area contributed by atoms with Crippen molar-refractivity contribution in [1.82, 2.24) is 4.90 Å². The molecule has 5 nitrogen and oxygen atoms in total. The standard InChI is InChI=1S/C20H22N2O3/c1-25-20-11-6-14(12-19(20)22(23)24)13-21(16-8-9-16)18-10-7-15-4-2-3-5-17(15)18/h2-6,11-12,16,18H,7-10,13H2,1H3. The molecule has 1 unspecified atom stereocenters. The molecule has 2 aromatic carbocycles. The zero-order valence-electron chi connectivity index (χ0n) is 14.4. The highest BCUT2D eigenvalue weighted by Gasteiger charge is 2.37. The number of aryl methyl sites for hydroxylation is 1. The molecule has 0 aromatic heterocycles. The smallest absolute Gasteiger partial charge is 0.311 e. The second-order valence-corrected chi connectivity index (χ2v) is 6.92. The van der Waals surface area contributed by atoms with E-state index in [0.717, 1.165) is 24.9 Å². The molecule has 0 spiro atoms. The third kappa shape index (κ3) is 3.12. The molecule has 1 fully saturated rings. The van der Waals surface area contributed by atoms with Crippen LogP contribution in [0.3, 0.4) is 0 Å². The molecule has 130 valence electrons. The van der Waals surface area contributed by atoms with Crippen molar-refractivity contribution in [2.75, 3.05) is 7.11 Å². The molecule has 0 saturated heterocycles. The number of nitro groups is 1. The van der Waals surface area contributed by atoms with Gasteiger partial charge in [0.05, 0.1) is 12.0 Å². The first-order valence-corrected chi connectivity index (χ1v) is 8.82. The van der Waals surface area contributed by atoms with Crippen molar-refractivity contribution in [3.05, 3.63) is 69.3 Å². The first kappa shape index (κ1) is 16.1. The van der Waals surface area contributed by atoms with E-state index in [0.29, 0.717) is 17.8 Å². The monoisotopic (exact) mass is 338 g/mol. The van der Waals surface area contributed by atoms with Crippen LogP contribution in [0.4, 0.5) is 5.69 Å². The summed E-state index contributed by atoms with van der Waals surface area (Å²) in [6.07, 6.45) is 4.69. The minimum Gasteiger partial charge on any atom is -0.490 e. The molecule has 25 heavy (non-hydrogen) atoms. The summed E-state index contributed by atoms with van der Waals surface area (Å²) in [5, 5.41) is 11.3. The Kier molecular flexibility index (Phi) is 4.17. The Morgan fingerprint density at radius 1 is 1.20 bits per heavy atom. The van der Waals surface area contributed by atoms with E-state index in [-0.39, 0.29) is 10.6 Å². The van der Waals surface area contributed by atoms with Gasteiger partial charge in [-0.3, -0.25) is 15.0 Å². The van der Waals surface area contributed by atoms with Crippen molar-refractivity contribution in [3.8, 4) is 5.75 Å². The van der Waals surface area contributed by atoms with Gasteiger partial charge in [-0.15, -0.1) is 0 Å². The van der Waals surface area contributed by atoms with E-state index in [1.807, 2.05) is 6.07 Å². The van der Waals surface area contributed by atoms with Crippen LogP contribution < -0.4 is 4.74 Å². The summed E-state index contributed by atoms with van der Waals surface area (Å²) in [5.74, 6) is 0.318. The predicted octanol–water partition coefficient (Wildman–Crippen LogP) is 4.26. The van der Waals surface area contributed by atoms with E-state index in [9.17, 15) is 10.1 Å². The van der Waals surface area contributed by atoms with E-state index in [2.05, 4.69) is 29.2 Å². The maximum Gasteiger partial charge on any atom is 0.311 e. The lowest BCUT2D eigenvalue weighted by atomic mass is 10.1. The first-order valence-electron chi connectivity index (χ1n) is 8.82. The van der Waals surface area contributed by atoms with Gasteiger partial charge in [0, 0.05) is 24.7 Å². The van der Waals surface area contributed by atoms with E-state index < -0.39 is 0 Å². The summed E-state index contributed by atoms with van der Waals surface area (Å²) >= 11 is 0. The van der Waals surface area contributed by atoms with Gasteiger partial charge in [0.25, 0.3) is 0 Å². The van der Waals surface area contributed by atoms with Crippen LogP contribution in [-0.4, -0.2) is 23.0 Å². The zero-order chi connectivity index (χ0) is 17.4. The predicted molar refractivity (Wildman–Crippen MR) is 95.7 cm³/mol. The second kappa shape index (κ2) is 6.48. The minimum atomic E-state index is -0.366. The summed E-state index contributed by atoms with van der Waals surface area (Å²) in [4.78, 5) is 13.5. The number of fused-ring (bicyclic) bond motifs is 1. The fourth-order valence-electron chi connectivity index (χ4n) is 3.97. The van der Waals surface area contributed by atoms with E-state index >= 15 is 0 Å². The summed E-state index contributed by atoms with van der Waals surface area (Å²) in [7, 11) is 1.47. The number of hydrogen-bond acceptors (Lipinski definition) is 4. The number of ether oxygens (including phenoxy) is 1. The summed E-state index contributed by atoms with van der Waals surface area (Å²) < 4.78 is 5.12. The number of nitro benzene ring substituents is 1. The van der Waals surface area contributed by atoms with Crippen LogP contribution in [0.25, 0.3) is 0 Å². The van der Waals surface area contributed by atoms with Crippen molar-refractivity contribution in [3.63, 3.8) is 0 Å². The summed E-state index contributed by atoms with van der Waals surface area (Å²) in [6.45, 7) is 0.745. The zero-order valence-corrected chi connectivity index (χ0v) is 14.4. The topological polar surface area (TPSA) is 55.6 Å². The molecule has 4 rings (SSSR count). The molecule has 0 amide bonds. The first-order chi connectivity index (χ1) is 12.2. The van der Waals surface area contributed by atoms with Crippen molar-refractivity contribution in [1.29, 1.82) is 0 Å². The number of rotatable bonds is 6. The van der Waals surface area contributed by atoms with Crippen LogP contribution in [-0.2, 0) is 13.0 Å². The van der Waals surface area contributed by atoms with Crippen molar-refractivity contribution in [2.24, 2.45) is 0 Å². The largest absolute Gasteiger partial charge is 0.490 e. The molecular formula is C20H22N2O3. The third-order valence-electron chi connectivity index (χ3n) is 5.32. The van der Waals surface area contributed by atoms with Crippen LogP contribution in [0.15, 0.2) is 42.5 Å². The van der Waals surface area contributed by atoms with Gasteiger partial charge >= 0.3 is 5.69 Å². The average molecular weight is 338 g/mol. The molecular weight excluding hydrogens is 316 g/mol. The van der Waals surface area contributed by atoms with Gasteiger partial charge in [-0.25, -0.2) is 0 Å². The normalized spacial score (nSPS) is 19.0. The third-order valence-corrected chi connectivity index (χ3v) is 5.32. The number of benzene rings is 2. The lowest BCUT2D eigenvalue weighted by Crippen LogP contribution is -2.29. The SMILES string of the molecule is COc1ccc(CN(C2CC2)C2CCc3ccccc32)cc1[N+](=O)[O-]. The molecule has 2 aliphatic rings. The van der Waals surface area contributed by atoms with Crippen molar-refractivity contribution >= 4 is 5.69 Å². The number of methoxy groups -OCH3 is 1. The minimum absolute atomic E-state index is 0.0440. The lowest BCUT2D eigenvalue weighted by Gasteiger charge is -2.30. The Balaban J connectivity index is 1.62. The Hall–Kier alpha value is -2.40. The second-order valence-electron chi connectivity index (χ2n) is 6.92. The molecule has 0 radical (unpaired) electrons. The van der Waals surface area contributed by atoms with Gasteiger partial charge in [-0.1, -0.05) is 30.3 Å². The summed E-state index contributed by atoms with van der Waals surface area (Å²) in [5.41, 5.74) is 3.89. The number of hydrogen-bond donors (Lipinski definition) is 0. The number of nitrogens with zero attached hydrogens (tertiary/aromatic N) is 2. The van der Waals surface area contributed by atoms with E-state index in [4.69, 9.17) is 4.74 Å². The maximum atomic E-state index is 11.3.